The van der Waals surface area contributed by atoms with Crippen LogP contribution in [0.15, 0.2) is 0 Å². The van der Waals surface area contributed by atoms with Crippen LogP contribution in [-0.2, 0) is 19.0 Å². The molecule has 0 rings (SSSR count). The number of hydrogen-bond acceptors (Lipinski definition) is 6. The second kappa shape index (κ2) is 11.8. The highest BCUT2D eigenvalue weighted by molar-refractivity contribution is 5.71. The molecule has 0 radical (unpaired) electrons. The first kappa shape index (κ1) is 16.3. The predicted molar refractivity (Wildman–Crippen MR) is 62.8 cm³/mol. The third kappa shape index (κ3) is 11.6. The van der Waals surface area contributed by atoms with E-state index >= 15 is 0 Å². The number of nitrogens with one attached hydrogen (secondary N) is 1. The third-order valence-corrected chi connectivity index (χ3v) is 1.84. The smallest absolute Gasteiger partial charge is 0.319 e. The van der Waals surface area contributed by atoms with Crippen LogP contribution in [0.3, 0.4) is 0 Å². The van der Waals surface area contributed by atoms with E-state index in [1.807, 2.05) is 6.92 Å². The van der Waals surface area contributed by atoms with Gasteiger partial charge in [-0.3, -0.25) is 4.79 Å². The van der Waals surface area contributed by atoms with Crippen molar-refractivity contribution in [3.63, 3.8) is 0 Å². The average molecular weight is 249 g/mol. The fraction of sp³-hybridized carbons (Fsp3) is 0.909. The Morgan fingerprint density at radius 1 is 1.24 bits per heavy atom. The van der Waals surface area contributed by atoms with E-state index in [0.29, 0.717) is 33.0 Å². The third-order valence-electron chi connectivity index (χ3n) is 1.84. The molecular weight excluding hydrogens is 226 g/mol. The molecule has 0 aromatic heterocycles. The van der Waals surface area contributed by atoms with Crippen molar-refractivity contribution in [2.45, 2.75) is 20.0 Å². The van der Waals surface area contributed by atoms with Crippen LogP contribution in [0.1, 0.15) is 13.8 Å². The number of ether oxygens (including phenoxy) is 3. The molecule has 0 saturated carbocycles. The van der Waals surface area contributed by atoms with Crippen LogP contribution in [0.4, 0.5) is 0 Å². The quantitative estimate of drug-likeness (QED) is 0.381. The van der Waals surface area contributed by atoms with Crippen LogP contribution in [0.2, 0.25) is 0 Å². The summed E-state index contributed by atoms with van der Waals surface area (Å²) in [4.78, 5) is 10.9. The van der Waals surface area contributed by atoms with Gasteiger partial charge in [0, 0.05) is 13.2 Å². The van der Waals surface area contributed by atoms with E-state index in [-0.39, 0.29) is 19.1 Å². The maximum Gasteiger partial charge on any atom is 0.319 e. The highest BCUT2D eigenvalue weighted by Gasteiger charge is 2.06. The normalized spacial score (nSPS) is 12.4. The highest BCUT2D eigenvalue weighted by atomic mass is 16.5. The van der Waals surface area contributed by atoms with E-state index in [4.69, 9.17) is 14.2 Å². The number of carbonyl (C=O) groups excluding carboxylic acids is 1. The Kier molecular flexibility index (Phi) is 11.3. The lowest BCUT2D eigenvalue weighted by Gasteiger charge is -2.12. The van der Waals surface area contributed by atoms with Crippen molar-refractivity contribution in [3.05, 3.63) is 0 Å². The Balaban J connectivity index is 3.28. The van der Waals surface area contributed by atoms with E-state index in [1.165, 1.54) is 0 Å². The van der Waals surface area contributed by atoms with E-state index in [0.717, 1.165) is 0 Å². The van der Waals surface area contributed by atoms with Gasteiger partial charge in [0.1, 0.15) is 0 Å². The number of aliphatic hydroxyl groups excluding tert-OH is 1. The van der Waals surface area contributed by atoms with Gasteiger partial charge in [0.15, 0.2) is 0 Å². The van der Waals surface area contributed by atoms with Crippen molar-refractivity contribution in [1.82, 2.24) is 5.32 Å². The molecule has 0 aliphatic rings. The number of hydrogen-bond donors (Lipinski definition) is 2. The largest absolute Gasteiger partial charge is 0.465 e. The standard InChI is InChI=1S/C11H23NO5/c1-3-15-5-6-16-9-10(13)7-12-8-11(14)17-4-2/h10,12-13H,3-9H2,1-2H3. The zero-order valence-corrected chi connectivity index (χ0v) is 10.6. The summed E-state index contributed by atoms with van der Waals surface area (Å²) in [5.41, 5.74) is 0. The van der Waals surface area contributed by atoms with E-state index in [2.05, 4.69) is 5.32 Å². The summed E-state index contributed by atoms with van der Waals surface area (Å²) in [5, 5.41) is 12.3. The van der Waals surface area contributed by atoms with Crippen molar-refractivity contribution in [2.75, 3.05) is 46.1 Å². The topological polar surface area (TPSA) is 77.0 Å². The first-order valence-corrected chi connectivity index (χ1v) is 5.90. The van der Waals surface area contributed by atoms with E-state index in [9.17, 15) is 9.90 Å². The van der Waals surface area contributed by atoms with E-state index in [1.54, 1.807) is 6.92 Å². The Morgan fingerprint density at radius 2 is 1.94 bits per heavy atom. The van der Waals surface area contributed by atoms with Gasteiger partial charge < -0.3 is 24.6 Å². The lowest BCUT2D eigenvalue weighted by atomic mass is 10.4. The second-order valence-electron chi connectivity index (χ2n) is 3.36. The monoisotopic (exact) mass is 249 g/mol. The first-order chi connectivity index (χ1) is 8.20. The van der Waals surface area contributed by atoms with Crippen molar-refractivity contribution in [1.29, 1.82) is 0 Å². The van der Waals surface area contributed by atoms with Crippen LogP contribution in [0, 0.1) is 0 Å². The molecule has 0 spiro atoms. The number of carbonyl (C=O) groups is 1. The summed E-state index contributed by atoms with van der Waals surface area (Å²) in [6.07, 6.45) is -0.633. The lowest BCUT2D eigenvalue weighted by Crippen LogP contribution is -2.34. The van der Waals surface area contributed by atoms with Crippen LogP contribution in [0.25, 0.3) is 0 Å². The van der Waals surface area contributed by atoms with Gasteiger partial charge >= 0.3 is 5.97 Å². The maximum atomic E-state index is 10.9. The molecule has 0 saturated heterocycles. The molecule has 0 bridgehead atoms. The molecule has 102 valence electrons. The number of esters is 1. The summed E-state index contributed by atoms with van der Waals surface area (Å²) in [7, 11) is 0. The molecule has 1 atom stereocenters. The molecule has 0 amide bonds. The van der Waals surface area contributed by atoms with Gasteiger partial charge in [0.25, 0.3) is 0 Å². The minimum Gasteiger partial charge on any atom is -0.465 e. The fourth-order valence-electron chi connectivity index (χ4n) is 1.09. The zero-order valence-electron chi connectivity index (χ0n) is 10.6. The van der Waals surface area contributed by atoms with Gasteiger partial charge in [-0.05, 0) is 13.8 Å². The SMILES string of the molecule is CCOCCOCC(O)CNCC(=O)OCC. The van der Waals surface area contributed by atoms with E-state index < -0.39 is 6.10 Å². The molecule has 17 heavy (non-hydrogen) atoms. The van der Waals surface area contributed by atoms with Crippen molar-refractivity contribution in [3.8, 4) is 0 Å². The molecule has 1 unspecified atom stereocenters. The summed E-state index contributed by atoms with van der Waals surface area (Å²) < 4.78 is 15.0. The van der Waals surface area contributed by atoms with Crippen molar-refractivity contribution in [2.24, 2.45) is 0 Å². The summed E-state index contributed by atoms with van der Waals surface area (Å²) >= 11 is 0. The first-order valence-electron chi connectivity index (χ1n) is 5.90. The average Bonchev–Trinajstić information content (AvgIpc) is 2.29. The van der Waals surface area contributed by atoms with Crippen LogP contribution >= 0.6 is 0 Å². The minimum absolute atomic E-state index is 0.101. The van der Waals surface area contributed by atoms with Gasteiger partial charge in [-0.1, -0.05) is 0 Å². The minimum atomic E-state index is -0.633. The number of aliphatic hydroxyl groups is 1. The van der Waals surface area contributed by atoms with Gasteiger partial charge in [0.05, 0.1) is 39.1 Å². The van der Waals surface area contributed by atoms with Gasteiger partial charge in [-0.2, -0.15) is 0 Å². The van der Waals surface area contributed by atoms with Crippen molar-refractivity contribution >= 4 is 5.97 Å². The maximum absolute atomic E-state index is 10.9. The summed E-state index contributed by atoms with van der Waals surface area (Å²) in [5.74, 6) is -0.322. The van der Waals surface area contributed by atoms with Gasteiger partial charge in [-0.25, -0.2) is 0 Å². The predicted octanol–water partition coefficient (Wildman–Crippen LogP) is -0.447. The van der Waals surface area contributed by atoms with Crippen LogP contribution < -0.4 is 5.32 Å². The van der Waals surface area contributed by atoms with Crippen molar-refractivity contribution < 1.29 is 24.1 Å². The van der Waals surface area contributed by atoms with Crippen LogP contribution in [0.5, 0.6) is 0 Å². The van der Waals surface area contributed by atoms with Gasteiger partial charge in [-0.15, -0.1) is 0 Å². The zero-order chi connectivity index (χ0) is 12.9. The lowest BCUT2D eigenvalue weighted by molar-refractivity contribution is -0.142. The fourth-order valence-corrected chi connectivity index (χ4v) is 1.09. The molecular formula is C11H23NO5. The van der Waals surface area contributed by atoms with Gasteiger partial charge in [0.2, 0.25) is 0 Å². The molecule has 0 heterocycles. The molecule has 0 aromatic carbocycles. The Hall–Kier alpha value is -0.690. The van der Waals surface area contributed by atoms with Crippen LogP contribution in [-0.4, -0.2) is 63.3 Å². The second-order valence-corrected chi connectivity index (χ2v) is 3.36. The molecule has 0 aliphatic heterocycles. The molecule has 0 aromatic rings. The summed E-state index contributed by atoms with van der Waals surface area (Å²) in [6.45, 7) is 6.30. The Bertz CT molecular complexity index is 189. The molecule has 6 nitrogen and oxygen atoms in total. The molecule has 0 aliphatic carbocycles. The molecule has 2 N–H and O–H groups in total. The Morgan fingerprint density at radius 3 is 2.59 bits per heavy atom. The summed E-state index contributed by atoms with van der Waals surface area (Å²) in [6, 6.07) is 0. The highest BCUT2D eigenvalue weighted by Crippen LogP contribution is 1.85. The Labute approximate surface area is 102 Å². The number of rotatable bonds is 11. The molecule has 6 heteroatoms. The molecule has 0 fully saturated rings.